The van der Waals surface area contributed by atoms with Crippen LogP contribution >= 0.6 is 0 Å². The summed E-state index contributed by atoms with van der Waals surface area (Å²) in [6.45, 7) is 2.97. The molecule has 0 saturated heterocycles. The number of aryl methyl sites for hydroxylation is 1. The smallest absolute Gasteiger partial charge is 0.215 e. The number of nitrogens with two attached hydrogens (primary N) is 1. The summed E-state index contributed by atoms with van der Waals surface area (Å²) in [5.41, 5.74) is 10.1. The predicted octanol–water partition coefficient (Wildman–Crippen LogP) is 2.35. The number of rotatable bonds is 1. The minimum absolute atomic E-state index is 0.0472. The zero-order chi connectivity index (χ0) is 14.1. The minimum Gasteiger partial charge on any atom is -0.370 e. The SMILES string of the molecule is Cc1ccc(-c2nn(C(=N)N)c3c2CCCCN3)cc1. The van der Waals surface area contributed by atoms with Gasteiger partial charge < -0.3 is 11.1 Å². The first-order valence-electron chi connectivity index (χ1n) is 6.94. The van der Waals surface area contributed by atoms with Crippen LogP contribution in [0.2, 0.25) is 0 Å². The molecule has 104 valence electrons. The molecule has 0 amide bonds. The van der Waals surface area contributed by atoms with Gasteiger partial charge in [0.2, 0.25) is 5.96 Å². The second-order valence-electron chi connectivity index (χ2n) is 5.22. The first-order valence-corrected chi connectivity index (χ1v) is 6.94. The van der Waals surface area contributed by atoms with E-state index in [1.165, 1.54) is 15.8 Å². The second-order valence-corrected chi connectivity index (χ2v) is 5.22. The van der Waals surface area contributed by atoms with Gasteiger partial charge in [0, 0.05) is 17.7 Å². The fourth-order valence-electron chi connectivity index (χ4n) is 2.62. The van der Waals surface area contributed by atoms with Gasteiger partial charge in [-0.1, -0.05) is 29.8 Å². The first-order chi connectivity index (χ1) is 9.66. The Morgan fingerprint density at radius 1 is 1.30 bits per heavy atom. The molecule has 3 rings (SSSR count). The molecule has 1 aliphatic heterocycles. The van der Waals surface area contributed by atoms with Crippen LogP contribution in [0.15, 0.2) is 24.3 Å². The lowest BCUT2D eigenvalue weighted by Gasteiger charge is -2.06. The molecule has 20 heavy (non-hydrogen) atoms. The lowest BCUT2D eigenvalue weighted by molar-refractivity contribution is 0.781. The van der Waals surface area contributed by atoms with Gasteiger partial charge in [0.15, 0.2) is 0 Å². The Hall–Kier alpha value is -2.30. The molecule has 5 nitrogen and oxygen atoms in total. The van der Waals surface area contributed by atoms with Crippen LogP contribution < -0.4 is 11.1 Å². The summed E-state index contributed by atoms with van der Waals surface area (Å²) in [5.74, 6) is 0.833. The fraction of sp³-hybridized carbons (Fsp3) is 0.333. The van der Waals surface area contributed by atoms with Crippen LogP contribution in [0.5, 0.6) is 0 Å². The Morgan fingerprint density at radius 2 is 2.05 bits per heavy atom. The third-order valence-electron chi connectivity index (χ3n) is 3.68. The zero-order valence-electron chi connectivity index (χ0n) is 11.6. The number of nitrogens with one attached hydrogen (secondary N) is 2. The molecule has 1 aliphatic rings. The van der Waals surface area contributed by atoms with Crippen LogP contribution in [0.3, 0.4) is 0 Å². The van der Waals surface area contributed by atoms with Gasteiger partial charge in [-0.05, 0) is 26.2 Å². The highest BCUT2D eigenvalue weighted by atomic mass is 15.4. The van der Waals surface area contributed by atoms with E-state index in [1.807, 2.05) is 0 Å². The van der Waals surface area contributed by atoms with E-state index in [0.29, 0.717) is 0 Å². The molecule has 0 bridgehead atoms. The van der Waals surface area contributed by atoms with Crippen molar-refractivity contribution in [3.8, 4) is 11.3 Å². The molecule has 2 aromatic rings. The van der Waals surface area contributed by atoms with Gasteiger partial charge in [0.25, 0.3) is 0 Å². The van der Waals surface area contributed by atoms with Crippen molar-refractivity contribution in [2.45, 2.75) is 26.2 Å². The van der Waals surface area contributed by atoms with Gasteiger partial charge in [-0.15, -0.1) is 0 Å². The van der Waals surface area contributed by atoms with Crippen molar-refractivity contribution in [1.82, 2.24) is 9.78 Å². The Balaban J connectivity index is 2.15. The van der Waals surface area contributed by atoms with E-state index in [0.717, 1.165) is 42.9 Å². The lowest BCUT2D eigenvalue weighted by Crippen LogP contribution is -2.24. The normalized spacial score (nSPS) is 14.2. The number of benzene rings is 1. The first kappa shape index (κ1) is 12.7. The fourth-order valence-corrected chi connectivity index (χ4v) is 2.62. The molecule has 0 aliphatic carbocycles. The van der Waals surface area contributed by atoms with Gasteiger partial charge in [0.05, 0.1) is 5.69 Å². The molecule has 4 N–H and O–H groups in total. The Bertz CT molecular complexity index is 639. The topological polar surface area (TPSA) is 79.7 Å². The molecule has 0 spiro atoms. The maximum atomic E-state index is 7.70. The summed E-state index contributed by atoms with van der Waals surface area (Å²) in [7, 11) is 0. The van der Waals surface area contributed by atoms with Crippen LogP contribution in [-0.2, 0) is 6.42 Å². The standard InChI is InChI=1S/C15H19N5/c1-10-5-7-11(8-6-10)13-12-4-2-3-9-18-14(12)20(19-13)15(16)17/h5-8,18H,2-4,9H2,1H3,(H3,16,17). The van der Waals surface area contributed by atoms with E-state index in [2.05, 4.69) is 41.6 Å². The van der Waals surface area contributed by atoms with Gasteiger partial charge in [0.1, 0.15) is 5.82 Å². The molecular weight excluding hydrogens is 250 g/mol. The molecule has 0 fully saturated rings. The van der Waals surface area contributed by atoms with Crippen molar-refractivity contribution in [2.75, 3.05) is 11.9 Å². The van der Waals surface area contributed by atoms with Gasteiger partial charge >= 0.3 is 0 Å². The van der Waals surface area contributed by atoms with Gasteiger partial charge in [-0.2, -0.15) is 9.78 Å². The predicted molar refractivity (Wildman–Crippen MR) is 81.1 cm³/mol. The van der Waals surface area contributed by atoms with Crippen molar-refractivity contribution in [2.24, 2.45) is 5.73 Å². The van der Waals surface area contributed by atoms with Crippen LogP contribution in [0.1, 0.15) is 24.0 Å². The summed E-state index contributed by atoms with van der Waals surface area (Å²) in [6, 6.07) is 8.32. The number of hydrogen-bond donors (Lipinski definition) is 3. The quantitative estimate of drug-likeness (QED) is 0.549. The largest absolute Gasteiger partial charge is 0.370 e. The molecule has 0 radical (unpaired) electrons. The molecule has 1 aromatic carbocycles. The van der Waals surface area contributed by atoms with Crippen LogP contribution in [0.4, 0.5) is 5.82 Å². The molecule has 0 saturated carbocycles. The monoisotopic (exact) mass is 269 g/mol. The third-order valence-corrected chi connectivity index (χ3v) is 3.68. The number of anilines is 1. The van der Waals surface area contributed by atoms with E-state index in [4.69, 9.17) is 11.1 Å². The summed E-state index contributed by atoms with van der Waals surface area (Å²) in [5, 5.41) is 15.6. The van der Waals surface area contributed by atoms with Crippen molar-refractivity contribution in [1.29, 1.82) is 5.41 Å². The Morgan fingerprint density at radius 3 is 2.75 bits per heavy atom. The zero-order valence-corrected chi connectivity index (χ0v) is 11.6. The molecule has 2 heterocycles. The van der Waals surface area contributed by atoms with Crippen molar-refractivity contribution in [3.05, 3.63) is 35.4 Å². The van der Waals surface area contributed by atoms with E-state index in [-0.39, 0.29) is 5.96 Å². The average molecular weight is 269 g/mol. The van der Waals surface area contributed by atoms with Crippen molar-refractivity contribution >= 4 is 11.8 Å². The third kappa shape index (κ3) is 2.15. The highest BCUT2D eigenvalue weighted by Gasteiger charge is 2.21. The van der Waals surface area contributed by atoms with Crippen LogP contribution in [0, 0.1) is 12.3 Å². The molecule has 5 heteroatoms. The van der Waals surface area contributed by atoms with E-state index in [9.17, 15) is 0 Å². The maximum Gasteiger partial charge on any atom is 0.215 e. The number of fused-ring (bicyclic) bond motifs is 1. The molecular formula is C15H19N5. The number of nitrogens with zero attached hydrogens (tertiary/aromatic N) is 2. The van der Waals surface area contributed by atoms with Crippen molar-refractivity contribution < 1.29 is 0 Å². The Kier molecular flexibility index (Phi) is 3.18. The van der Waals surface area contributed by atoms with Crippen LogP contribution in [-0.4, -0.2) is 22.3 Å². The minimum atomic E-state index is -0.0472. The van der Waals surface area contributed by atoms with Crippen molar-refractivity contribution in [3.63, 3.8) is 0 Å². The van der Waals surface area contributed by atoms with Crippen LogP contribution in [0.25, 0.3) is 11.3 Å². The highest BCUT2D eigenvalue weighted by molar-refractivity contribution is 5.84. The van der Waals surface area contributed by atoms with E-state index in [1.54, 1.807) is 0 Å². The number of nitrogen functional groups attached to an aromatic ring is 1. The molecule has 0 atom stereocenters. The summed E-state index contributed by atoms with van der Waals surface area (Å²) in [6.07, 6.45) is 3.22. The highest BCUT2D eigenvalue weighted by Crippen LogP contribution is 2.31. The van der Waals surface area contributed by atoms with E-state index >= 15 is 0 Å². The molecule has 0 unspecified atom stereocenters. The lowest BCUT2D eigenvalue weighted by atomic mass is 10.0. The Labute approximate surface area is 118 Å². The average Bonchev–Trinajstić information content (AvgIpc) is 2.63. The number of hydrogen-bond acceptors (Lipinski definition) is 3. The summed E-state index contributed by atoms with van der Waals surface area (Å²) >= 11 is 0. The number of aromatic nitrogens is 2. The van der Waals surface area contributed by atoms with E-state index < -0.39 is 0 Å². The molecule has 1 aromatic heterocycles. The summed E-state index contributed by atoms with van der Waals surface area (Å²) in [4.78, 5) is 0. The maximum absolute atomic E-state index is 7.70. The second kappa shape index (κ2) is 5.00. The van der Waals surface area contributed by atoms with Gasteiger partial charge in [-0.25, -0.2) is 0 Å². The van der Waals surface area contributed by atoms with Gasteiger partial charge in [-0.3, -0.25) is 5.41 Å². The summed E-state index contributed by atoms with van der Waals surface area (Å²) < 4.78 is 1.51.